The van der Waals surface area contributed by atoms with E-state index in [1.807, 2.05) is 0 Å². The van der Waals surface area contributed by atoms with Crippen LogP contribution in [-0.2, 0) is 38.1 Å². The van der Waals surface area contributed by atoms with E-state index >= 15 is 0 Å². The first kappa shape index (κ1) is 26.3. The lowest BCUT2D eigenvalue weighted by molar-refractivity contribution is -0.129. The average Bonchev–Trinajstić information content (AvgIpc) is 3.16. The molecule has 1 aliphatic heterocycles. The van der Waals surface area contributed by atoms with E-state index in [1.165, 1.54) is 0 Å². The molecular formula is C26H34N2O10. The first-order chi connectivity index (χ1) is 19.5. The number of aldehydes is 3. The molecule has 0 aromatic heterocycles. The highest BCUT2D eigenvalue weighted by Crippen LogP contribution is 2.21. The number of amides is 3. The molecule has 12 heteroatoms. The molecule has 2 rings (SSSR count). The zero-order chi connectivity index (χ0) is 30.3. The van der Waals surface area contributed by atoms with Gasteiger partial charge in [0.05, 0.1) is 70.5 Å². The number of fused-ring (bicyclic) bond motifs is 1. The minimum absolute atomic E-state index is 0.00266. The Labute approximate surface area is 225 Å². The topological polar surface area (TPSA) is 155 Å². The number of carbonyl (C=O) groups is 6. The van der Waals surface area contributed by atoms with Gasteiger partial charge in [-0.05, 0) is 12.1 Å². The third-order valence-corrected chi connectivity index (χ3v) is 5.40. The van der Waals surface area contributed by atoms with Gasteiger partial charge in [-0.25, -0.2) is 0 Å². The molecule has 1 aromatic rings. The Balaban J connectivity index is 1.92. The van der Waals surface area contributed by atoms with Crippen LogP contribution in [0.25, 0.3) is 0 Å². The molecule has 0 spiro atoms. The number of benzene rings is 1. The average molecular weight is 541 g/mol. The second kappa shape index (κ2) is 17.2. The highest BCUT2D eigenvalue weighted by molar-refractivity contribution is 6.21. The Morgan fingerprint density at radius 1 is 0.789 bits per heavy atom. The molecule has 0 saturated heterocycles. The van der Waals surface area contributed by atoms with Crippen LogP contribution < -0.4 is 5.32 Å². The van der Waals surface area contributed by atoms with Crippen LogP contribution in [-0.4, -0.2) is 106 Å². The fourth-order valence-corrected chi connectivity index (χ4v) is 3.60. The van der Waals surface area contributed by atoms with Gasteiger partial charge in [-0.3, -0.25) is 19.3 Å². The molecule has 1 heterocycles. The number of hydrogen-bond donors (Lipinski definition) is 1. The number of imide groups is 1. The van der Waals surface area contributed by atoms with Crippen molar-refractivity contribution in [3.63, 3.8) is 0 Å². The first-order valence-electron chi connectivity index (χ1n) is 13.6. The lowest BCUT2D eigenvalue weighted by Gasteiger charge is -2.34. The molecule has 208 valence electrons. The van der Waals surface area contributed by atoms with E-state index in [9.17, 15) is 28.8 Å². The van der Waals surface area contributed by atoms with Gasteiger partial charge >= 0.3 is 0 Å². The summed E-state index contributed by atoms with van der Waals surface area (Å²) in [7, 11) is 0. The van der Waals surface area contributed by atoms with Crippen LogP contribution in [0.2, 0.25) is 0 Å². The summed E-state index contributed by atoms with van der Waals surface area (Å²) < 4.78 is 43.0. The van der Waals surface area contributed by atoms with E-state index < -0.39 is 42.0 Å². The predicted octanol–water partition coefficient (Wildman–Crippen LogP) is 0.361. The van der Waals surface area contributed by atoms with Crippen molar-refractivity contribution in [1.82, 2.24) is 10.2 Å². The van der Waals surface area contributed by atoms with Crippen molar-refractivity contribution in [2.75, 3.05) is 59.4 Å². The molecule has 1 aliphatic rings. The molecular weight excluding hydrogens is 500 g/mol. The van der Waals surface area contributed by atoms with Crippen molar-refractivity contribution in [3.8, 4) is 0 Å². The number of nitrogens with one attached hydrogen (secondary N) is 1. The second-order valence-electron chi connectivity index (χ2n) is 8.34. The zero-order valence-corrected chi connectivity index (χ0v) is 21.0. The summed E-state index contributed by atoms with van der Waals surface area (Å²) in [5.41, 5.74) is -0.685. The van der Waals surface area contributed by atoms with Crippen molar-refractivity contribution in [1.29, 1.82) is 0 Å². The fraction of sp³-hybridized carbons (Fsp3) is 0.538. The summed E-state index contributed by atoms with van der Waals surface area (Å²) in [6.45, 7) is -1.02. The number of hydrogen-bond acceptors (Lipinski definition) is 10. The molecule has 1 aromatic carbocycles. The number of carbonyl (C=O) groups excluding carboxylic acids is 6. The van der Waals surface area contributed by atoms with Crippen LogP contribution in [0.3, 0.4) is 0 Å². The fourth-order valence-electron chi connectivity index (χ4n) is 3.60. The SMILES string of the molecule is [3H]C(=O)CCOCC(COCCC([3H])=O)(COCCC([3H])=O)NC(=O)CCOCCN1C(=O)c2ccccc2C1=O. The van der Waals surface area contributed by atoms with Crippen LogP contribution in [0, 0.1) is 0 Å². The number of rotatable bonds is 22. The molecule has 0 unspecified atom stereocenters. The molecule has 0 bridgehead atoms. The van der Waals surface area contributed by atoms with Crippen molar-refractivity contribution in [2.45, 2.75) is 31.2 Å². The second-order valence-corrected chi connectivity index (χ2v) is 8.34. The van der Waals surface area contributed by atoms with Crippen LogP contribution in [0.15, 0.2) is 24.3 Å². The lowest BCUT2D eigenvalue weighted by atomic mass is 10.0. The summed E-state index contributed by atoms with van der Waals surface area (Å²) in [6, 6.07) is 6.49. The van der Waals surface area contributed by atoms with Gasteiger partial charge in [-0.1, -0.05) is 12.1 Å². The van der Waals surface area contributed by atoms with Gasteiger partial charge in [0.25, 0.3) is 11.8 Å². The smallest absolute Gasteiger partial charge is 0.261 e. The third-order valence-electron chi connectivity index (χ3n) is 5.40. The Morgan fingerprint density at radius 3 is 1.71 bits per heavy atom. The molecule has 0 saturated carbocycles. The van der Waals surface area contributed by atoms with Crippen LogP contribution in [0.4, 0.5) is 0 Å². The molecule has 3 amide bonds. The molecule has 0 radical (unpaired) electrons. The van der Waals surface area contributed by atoms with Gasteiger partial charge in [-0.15, -0.1) is 0 Å². The number of nitrogens with zero attached hydrogens (tertiary/aromatic N) is 1. The Hall–Kier alpha value is -3.32. The monoisotopic (exact) mass is 540 g/mol. The van der Waals surface area contributed by atoms with Gasteiger partial charge in [0.15, 0.2) is 0 Å². The van der Waals surface area contributed by atoms with Crippen molar-refractivity contribution >= 4 is 36.5 Å². The van der Waals surface area contributed by atoms with E-state index in [4.69, 9.17) is 23.1 Å². The highest BCUT2D eigenvalue weighted by atomic mass is 16.5. The minimum Gasteiger partial charge on any atom is -0.379 e. The molecule has 0 atom stereocenters. The summed E-state index contributed by atoms with van der Waals surface area (Å²) in [6.07, 6.45) is -3.21. The number of ether oxygens (including phenoxy) is 4. The predicted molar refractivity (Wildman–Crippen MR) is 133 cm³/mol. The normalized spacial score (nSPS) is 14.0. The Kier molecular flexibility index (Phi) is 11.9. The van der Waals surface area contributed by atoms with E-state index in [-0.39, 0.29) is 85.1 Å². The molecule has 0 fully saturated rings. The summed E-state index contributed by atoms with van der Waals surface area (Å²) in [5.74, 6) is -1.34. The Bertz CT molecular complexity index is 1010. The summed E-state index contributed by atoms with van der Waals surface area (Å²) in [5, 5.41) is 2.74. The largest absolute Gasteiger partial charge is 0.379 e. The van der Waals surface area contributed by atoms with Crippen LogP contribution in [0.1, 0.15) is 50.5 Å². The summed E-state index contributed by atoms with van der Waals surface area (Å²) in [4.78, 5) is 71.6. The van der Waals surface area contributed by atoms with Gasteiger partial charge in [0.1, 0.15) is 28.4 Å². The Morgan fingerprint density at radius 2 is 1.26 bits per heavy atom. The van der Waals surface area contributed by atoms with E-state index in [2.05, 4.69) is 5.32 Å². The molecule has 12 nitrogen and oxygen atoms in total. The molecule has 38 heavy (non-hydrogen) atoms. The van der Waals surface area contributed by atoms with Crippen molar-refractivity contribution in [2.24, 2.45) is 0 Å². The van der Waals surface area contributed by atoms with Crippen molar-refractivity contribution in [3.05, 3.63) is 35.4 Å². The first-order valence-corrected chi connectivity index (χ1v) is 12.1. The van der Waals surface area contributed by atoms with Gasteiger partial charge in [-0.2, -0.15) is 0 Å². The summed E-state index contributed by atoms with van der Waals surface area (Å²) >= 11 is 0. The van der Waals surface area contributed by atoms with Gasteiger partial charge < -0.3 is 38.6 Å². The quantitative estimate of drug-likeness (QED) is 0.124. The zero-order valence-electron chi connectivity index (χ0n) is 24.0. The maximum atomic E-state index is 12.8. The minimum atomic E-state index is -1.33. The molecule has 0 aliphatic carbocycles. The van der Waals surface area contributed by atoms with Gasteiger partial charge in [0, 0.05) is 25.7 Å². The van der Waals surface area contributed by atoms with E-state index in [0.717, 1.165) is 4.90 Å². The van der Waals surface area contributed by atoms with E-state index in [0.29, 0.717) is 11.1 Å². The van der Waals surface area contributed by atoms with Crippen molar-refractivity contribution < 1.29 is 51.8 Å². The third kappa shape index (κ3) is 9.86. The maximum Gasteiger partial charge on any atom is 0.261 e. The highest BCUT2D eigenvalue weighted by Gasteiger charge is 2.35. The van der Waals surface area contributed by atoms with E-state index in [1.54, 1.807) is 24.3 Å². The maximum absolute atomic E-state index is 12.8. The molecule has 1 N–H and O–H groups in total. The standard InChI is InChI=1S/C26H34N2O10/c29-10-3-13-36-18-26(19-37-14-4-11-30,20-38-15-5-12-31)27-23(32)8-16-35-17-9-28-24(33)21-6-1-2-7-22(21)25(28)34/h1-2,6-7,10-12H,3-5,8-9,13-20H2,(H,27,32)/i10T,11T,12T. The van der Waals surface area contributed by atoms with Crippen LogP contribution in [0.5, 0.6) is 0 Å². The lowest BCUT2D eigenvalue weighted by Crippen LogP contribution is -2.58. The van der Waals surface area contributed by atoms with Gasteiger partial charge in [0.2, 0.25) is 5.91 Å². The van der Waals surface area contributed by atoms with Crippen LogP contribution >= 0.6 is 0 Å².